The van der Waals surface area contributed by atoms with Crippen LogP contribution in [0.15, 0.2) is 72.8 Å². The monoisotopic (exact) mass is 442 g/mol. The van der Waals surface area contributed by atoms with Gasteiger partial charge >= 0.3 is 171 Å². The Balaban J connectivity index is 2.53. The molecular weight excluding hydrogens is 415 g/mol. The number of aryl methyl sites for hydroxylation is 3. The molecule has 1 nitrogen and oxygen atoms in total. The van der Waals surface area contributed by atoms with Crippen LogP contribution in [0, 0.1) is 20.8 Å². The normalized spacial score (nSPS) is 13.1. The molecule has 0 aliphatic rings. The summed E-state index contributed by atoms with van der Waals surface area (Å²) >= 11 is 4.49. The van der Waals surface area contributed by atoms with Gasteiger partial charge in [-0.25, -0.2) is 0 Å². The second-order valence-corrected chi connectivity index (χ2v) is 16.3. The maximum atomic E-state index is 9.79. The Bertz CT molecular complexity index is 837. The topological polar surface area (TPSA) is 20.2 Å². The van der Waals surface area contributed by atoms with Crippen LogP contribution in [-0.4, -0.2) is 17.9 Å². The molecule has 3 rings (SSSR count). The Kier molecular flexibility index (Phi) is 5.91. The van der Waals surface area contributed by atoms with E-state index in [2.05, 4.69) is 109 Å². The molecule has 27 heavy (non-hydrogen) atoms. The summed E-state index contributed by atoms with van der Waals surface area (Å²) in [6, 6.07) is 26.2. The average molecular weight is 443 g/mol. The Morgan fingerprint density at radius 3 is 1.30 bits per heavy atom. The first-order valence-electron chi connectivity index (χ1n) is 9.45. The molecule has 0 fully saturated rings. The first-order valence-corrected chi connectivity index (χ1v) is 13.9. The van der Waals surface area contributed by atoms with Gasteiger partial charge in [-0.3, -0.25) is 0 Å². The van der Waals surface area contributed by atoms with Crippen molar-refractivity contribution in [2.45, 2.75) is 27.2 Å². The average Bonchev–Trinajstić information content (AvgIpc) is 2.67. The fraction of sp³-hybridized carbons (Fsp3) is 0.250. The van der Waals surface area contributed by atoms with Crippen LogP contribution in [0.25, 0.3) is 0 Å². The number of aliphatic hydroxyl groups is 1. The van der Waals surface area contributed by atoms with E-state index >= 15 is 0 Å². The maximum absolute atomic E-state index is 9.79. The summed E-state index contributed by atoms with van der Waals surface area (Å²) in [5.74, 6) is 0. The standard InChI is InChI=1S/C24H28BrOP/c1-19-11-4-7-14-22(19)27(25,18-10-17-26,23-15-8-5-12-20(23)2)24-16-9-6-13-21(24)3/h4-9,11-16,26H,10,17-18H2,1-3H3. The van der Waals surface area contributed by atoms with Crippen molar-refractivity contribution >= 4 is 36.7 Å². The van der Waals surface area contributed by atoms with Gasteiger partial charge in [-0.05, 0) is 0 Å². The minimum atomic E-state index is -2.94. The van der Waals surface area contributed by atoms with Gasteiger partial charge in [0.15, 0.2) is 0 Å². The van der Waals surface area contributed by atoms with Gasteiger partial charge in [-0.2, -0.15) is 0 Å². The molecular formula is C24H28BrOP. The zero-order valence-corrected chi connectivity index (χ0v) is 18.8. The van der Waals surface area contributed by atoms with E-state index in [1.54, 1.807) is 0 Å². The quantitative estimate of drug-likeness (QED) is 0.524. The zero-order chi connectivity index (χ0) is 19.5. The first kappa shape index (κ1) is 20.3. The van der Waals surface area contributed by atoms with Crippen LogP contribution in [-0.2, 0) is 0 Å². The Hall–Kier alpha value is -1.47. The second kappa shape index (κ2) is 7.87. The molecule has 0 saturated heterocycles. The SMILES string of the molecule is Cc1ccccc1P(Br)(CCCO)(c1ccccc1C)c1ccccc1C. The van der Waals surface area contributed by atoms with Gasteiger partial charge in [-0.15, -0.1) is 0 Å². The molecule has 0 aliphatic heterocycles. The fourth-order valence-electron chi connectivity index (χ4n) is 4.38. The molecule has 0 aliphatic carbocycles. The number of aliphatic hydroxyl groups excluding tert-OH is 1. The molecule has 0 unspecified atom stereocenters. The first-order chi connectivity index (χ1) is 12.9. The van der Waals surface area contributed by atoms with E-state index in [9.17, 15) is 5.11 Å². The van der Waals surface area contributed by atoms with Crippen molar-refractivity contribution in [1.82, 2.24) is 0 Å². The van der Waals surface area contributed by atoms with E-state index in [-0.39, 0.29) is 6.61 Å². The van der Waals surface area contributed by atoms with Crippen molar-refractivity contribution in [1.29, 1.82) is 0 Å². The van der Waals surface area contributed by atoms with E-state index in [1.807, 2.05) is 0 Å². The molecule has 3 aromatic carbocycles. The van der Waals surface area contributed by atoms with E-state index in [0.717, 1.165) is 12.6 Å². The van der Waals surface area contributed by atoms with Gasteiger partial charge in [0.25, 0.3) is 0 Å². The van der Waals surface area contributed by atoms with Crippen LogP contribution in [0.1, 0.15) is 23.1 Å². The van der Waals surface area contributed by atoms with Crippen molar-refractivity contribution in [3.8, 4) is 0 Å². The van der Waals surface area contributed by atoms with Crippen LogP contribution in [0.3, 0.4) is 0 Å². The van der Waals surface area contributed by atoms with E-state index in [1.165, 1.54) is 32.6 Å². The number of hydrogen-bond acceptors (Lipinski definition) is 1. The van der Waals surface area contributed by atoms with Crippen molar-refractivity contribution < 1.29 is 5.11 Å². The van der Waals surface area contributed by atoms with Crippen LogP contribution >= 0.6 is 20.8 Å². The van der Waals surface area contributed by atoms with Gasteiger partial charge in [-0.1, -0.05) is 0 Å². The molecule has 0 spiro atoms. The van der Waals surface area contributed by atoms with Crippen molar-refractivity contribution in [2.75, 3.05) is 12.8 Å². The van der Waals surface area contributed by atoms with Gasteiger partial charge < -0.3 is 0 Å². The second-order valence-electron chi connectivity index (χ2n) is 7.34. The minimum absolute atomic E-state index is 0.188. The molecule has 3 heteroatoms. The fourth-order valence-corrected chi connectivity index (χ4v) is 14.6. The van der Waals surface area contributed by atoms with Crippen LogP contribution < -0.4 is 15.9 Å². The zero-order valence-electron chi connectivity index (χ0n) is 16.3. The third-order valence-electron chi connectivity index (χ3n) is 5.59. The summed E-state index contributed by atoms with van der Waals surface area (Å²) in [6.07, 6.45) is 1.64. The third-order valence-corrected chi connectivity index (χ3v) is 15.8. The van der Waals surface area contributed by atoms with Gasteiger partial charge in [0.2, 0.25) is 0 Å². The molecule has 0 saturated carbocycles. The number of halogens is 1. The molecule has 0 bridgehead atoms. The predicted molar refractivity (Wildman–Crippen MR) is 125 cm³/mol. The molecule has 0 atom stereocenters. The van der Waals surface area contributed by atoms with Gasteiger partial charge in [0.05, 0.1) is 0 Å². The number of hydrogen-bond donors (Lipinski definition) is 1. The predicted octanol–water partition coefficient (Wildman–Crippen LogP) is 5.13. The Morgan fingerprint density at radius 1 is 0.667 bits per heavy atom. The van der Waals surface area contributed by atoms with Crippen molar-refractivity contribution in [2.24, 2.45) is 0 Å². The van der Waals surface area contributed by atoms with E-state index in [0.29, 0.717) is 0 Å². The molecule has 0 aromatic heterocycles. The molecule has 3 aromatic rings. The number of benzene rings is 3. The Labute approximate surface area is 171 Å². The summed E-state index contributed by atoms with van der Waals surface area (Å²) in [5, 5.41) is 10.9. The van der Waals surface area contributed by atoms with Gasteiger partial charge in [0, 0.05) is 0 Å². The summed E-state index contributed by atoms with van der Waals surface area (Å²) in [7, 11) is 0. The molecule has 1 N–H and O–H groups in total. The molecule has 0 heterocycles. The summed E-state index contributed by atoms with van der Waals surface area (Å²) in [5.41, 5.74) is 3.87. The van der Waals surface area contributed by atoms with Crippen LogP contribution in [0.5, 0.6) is 0 Å². The van der Waals surface area contributed by atoms with E-state index < -0.39 is 5.31 Å². The Morgan fingerprint density at radius 2 is 1.00 bits per heavy atom. The van der Waals surface area contributed by atoms with Crippen molar-refractivity contribution in [3.63, 3.8) is 0 Å². The van der Waals surface area contributed by atoms with E-state index in [4.69, 9.17) is 0 Å². The number of rotatable bonds is 6. The molecule has 142 valence electrons. The molecule has 0 radical (unpaired) electrons. The van der Waals surface area contributed by atoms with Gasteiger partial charge in [0.1, 0.15) is 0 Å². The summed E-state index contributed by atoms with van der Waals surface area (Å²) in [6.45, 7) is 6.79. The molecule has 0 amide bonds. The van der Waals surface area contributed by atoms with Crippen LogP contribution in [0.4, 0.5) is 0 Å². The third kappa shape index (κ3) is 3.29. The van der Waals surface area contributed by atoms with Crippen molar-refractivity contribution in [3.05, 3.63) is 89.5 Å². The van der Waals surface area contributed by atoms with Crippen LogP contribution in [0.2, 0.25) is 0 Å². The summed E-state index contributed by atoms with van der Waals surface area (Å²) < 4.78 is 0. The summed E-state index contributed by atoms with van der Waals surface area (Å²) in [4.78, 5) is 0.